The summed E-state index contributed by atoms with van der Waals surface area (Å²) in [5.41, 5.74) is 0.0901. The number of hydrogen-bond donors (Lipinski definition) is 1. The summed E-state index contributed by atoms with van der Waals surface area (Å²) in [6.45, 7) is 1.49. The van der Waals surface area contributed by atoms with Gasteiger partial charge < -0.3 is 9.84 Å². The molecule has 0 fully saturated rings. The quantitative estimate of drug-likeness (QED) is 0.794. The second kappa shape index (κ2) is 4.59. The summed E-state index contributed by atoms with van der Waals surface area (Å²) in [6.07, 6.45) is -1.65. The molecule has 82 valence electrons. The number of esters is 1. The number of hydrogen-bond acceptors (Lipinski definition) is 3. The summed E-state index contributed by atoms with van der Waals surface area (Å²) in [6, 6.07) is 2.61. The first-order valence-electron chi connectivity index (χ1n) is 4.18. The third kappa shape index (κ3) is 2.46. The summed E-state index contributed by atoms with van der Waals surface area (Å²) in [7, 11) is 1.11. The molecule has 0 bridgehead atoms. The van der Waals surface area contributed by atoms with E-state index in [0.29, 0.717) is 0 Å². The highest BCUT2D eigenvalue weighted by molar-refractivity contribution is 6.30. The predicted octanol–water partition coefficient (Wildman–Crippen LogP) is 1.99. The van der Waals surface area contributed by atoms with E-state index in [1.54, 1.807) is 0 Å². The molecule has 1 aromatic rings. The maximum atomic E-state index is 13.5. The van der Waals surface area contributed by atoms with Crippen molar-refractivity contribution in [2.45, 2.75) is 13.0 Å². The van der Waals surface area contributed by atoms with Crippen molar-refractivity contribution in [1.82, 2.24) is 0 Å². The van der Waals surface area contributed by atoms with Gasteiger partial charge in [-0.15, -0.1) is 0 Å². The van der Waals surface area contributed by atoms with Crippen molar-refractivity contribution in [1.29, 1.82) is 0 Å². The Kier molecular flexibility index (Phi) is 3.66. The van der Waals surface area contributed by atoms with Gasteiger partial charge in [-0.05, 0) is 24.6 Å². The molecular weight excluding hydrogens is 223 g/mol. The van der Waals surface area contributed by atoms with Crippen LogP contribution in [0.4, 0.5) is 4.39 Å². The van der Waals surface area contributed by atoms with E-state index in [1.165, 1.54) is 19.1 Å². The van der Waals surface area contributed by atoms with Crippen molar-refractivity contribution >= 4 is 17.6 Å². The van der Waals surface area contributed by atoms with Crippen LogP contribution < -0.4 is 0 Å². The minimum atomic E-state index is -1.65. The number of aliphatic hydroxyl groups is 1. The molecule has 0 saturated heterocycles. The highest BCUT2D eigenvalue weighted by atomic mass is 35.5. The van der Waals surface area contributed by atoms with Gasteiger partial charge in [-0.2, -0.15) is 0 Å². The molecule has 3 nitrogen and oxygen atoms in total. The van der Waals surface area contributed by atoms with Gasteiger partial charge in [0.15, 0.2) is 6.10 Å². The van der Waals surface area contributed by atoms with E-state index in [4.69, 9.17) is 11.6 Å². The second-order valence-electron chi connectivity index (χ2n) is 3.05. The van der Waals surface area contributed by atoms with Crippen molar-refractivity contribution in [2.24, 2.45) is 0 Å². The Balaban J connectivity index is 3.19. The first-order chi connectivity index (χ1) is 6.97. The zero-order chi connectivity index (χ0) is 11.6. The number of aliphatic hydroxyl groups excluding tert-OH is 1. The van der Waals surface area contributed by atoms with Crippen molar-refractivity contribution in [3.8, 4) is 0 Å². The molecule has 0 aromatic heterocycles. The minimum Gasteiger partial charge on any atom is -0.467 e. The highest BCUT2D eigenvalue weighted by Crippen LogP contribution is 2.25. The number of ether oxygens (including phenoxy) is 1. The number of methoxy groups -OCH3 is 1. The molecule has 1 unspecified atom stereocenters. The lowest BCUT2D eigenvalue weighted by atomic mass is 10.1. The van der Waals surface area contributed by atoms with E-state index in [2.05, 4.69) is 4.74 Å². The lowest BCUT2D eigenvalue weighted by molar-refractivity contribution is -0.150. The van der Waals surface area contributed by atoms with Gasteiger partial charge >= 0.3 is 5.97 Å². The average Bonchev–Trinajstić information content (AvgIpc) is 2.21. The van der Waals surface area contributed by atoms with Crippen LogP contribution in [0.2, 0.25) is 5.02 Å². The van der Waals surface area contributed by atoms with E-state index in [0.717, 1.165) is 7.11 Å². The van der Waals surface area contributed by atoms with Gasteiger partial charge in [-0.3, -0.25) is 0 Å². The normalized spacial score (nSPS) is 12.3. The number of carbonyl (C=O) groups excluding carboxylic acids is 1. The van der Waals surface area contributed by atoms with Crippen LogP contribution in [-0.4, -0.2) is 18.2 Å². The zero-order valence-corrected chi connectivity index (χ0v) is 9.01. The molecule has 15 heavy (non-hydrogen) atoms. The van der Waals surface area contributed by atoms with Gasteiger partial charge in [-0.1, -0.05) is 11.6 Å². The van der Waals surface area contributed by atoms with Crippen LogP contribution in [0.5, 0.6) is 0 Å². The second-order valence-corrected chi connectivity index (χ2v) is 3.49. The summed E-state index contributed by atoms with van der Waals surface area (Å²) < 4.78 is 17.8. The first-order valence-corrected chi connectivity index (χ1v) is 4.56. The van der Waals surface area contributed by atoms with Crippen LogP contribution >= 0.6 is 11.6 Å². The number of benzene rings is 1. The van der Waals surface area contributed by atoms with E-state index in [9.17, 15) is 14.3 Å². The first kappa shape index (κ1) is 11.9. The SMILES string of the molecule is COC(=O)C(O)c1cc(Cl)cc(C)c1F. The van der Waals surface area contributed by atoms with E-state index < -0.39 is 17.9 Å². The van der Waals surface area contributed by atoms with Gasteiger partial charge in [0.1, 0.15) is 5.82 Å². The van der Waals surface area contributed by atoms with Crippen molar-refractivity contribution in [3.05, 3.63) is 34.1 Å². The van der Waals surface area contributed by atoms with Crippen LogP contribution in [0, 0.1) is 12.7 Å². The fraction of sp³-hybridized carbons (Fsp3) is 0.300. The standard InChI is InChI=1S/C10H10ClFO3/c1-5-3-6(11)4-7(8(5)12)9(13)10(14)15-2/h3-4,9,13H,1-2H3. The van der Waals surface area contributed by atoms with Crippen molar-refractivity contribution in [2.75, 3.05) is 7.11 Å². The average molecular weight is 233 g/mol. The Labute approximate surface area is 91.4 Å². The fourth-order valence-corrected chi connectivity index (χ4v) is 1.47. The molecule has 0 amide bonds. The third-order valence-corrected chi connectivity index (χ3v) is 2.18. The predicted molar refractivity (Wildman–Crippen MR) is 53.1 cm³/mol. The van der Waals surface area contributed by atoms with Crippen LogP contribution in [-0.2, 0) is 9.53 Å². The molecule has 1 atom stereocenters. The number of rotatable bonds is 2. The van der Waals surface area contributed by atoms with Crippen molar-refractivity contribution < 1.29 is 19.0 Å². The van der Waals surface area contributed by atoms with E-state index in [-0.39, 0.29) is 16.1 Å². The summed E-state index contributed by atoms with van der Waals surface area (Å²) >= 11 is 5.68. The molecule has 0 aliphatic carbocycles. The van der Waals surface area contributed by atoms with Crippen LogP contribution in [0.3, 0.4) is 0 Å². The number of halogens is 2. The van der Waals surface area contributed by atoms with E-state index in [1.807, 2.05) is 0 Å². The Morgan fingerprint density at radius 1 is 1.60 bits per heavy atom. The number of carbonyl (C=O) groups is 1. The fourth-order valence-electron chi connectivity index (χ4n) is 1.19. The Bertz CT molecular complexity index is 392. The zero-order valence-electron chi connectivity index (χ0n) is 8.25. The summed E-state index contributed by atoms with van der Waals surface area (Å²) in [4.78, 5) is 11.0. The molecule has 0 saturated carbocycles. The maximum Gasteiger partial charge on any atom is 0.339 e. The lowest BCUT2D eigenvalue weighted by Crippen LogP contribution is -2.15. The molecule has 0 spiro atoms. The van der Waals surface area contributed by atoms with Crippen LogP contribution in [0.15, 0.2) is 12.1 Å². The topological polar surface area (TPSA) is 46.5 Å². The Morgan fingerprint density at radius 3 is 2.73 bits per heavy atom. The molecule has 1 aromatic carbocycles. The van der Waals surface area contributed by atoms with Crippen LogP contribution in [0.25, 0.3) is 0 Å². The smallest absolute Gasteiger partial charge is 0.339 e. The third-order valence-electron chi connectivity index (χ3n) is 1.97. The minimum absolute atomic E-state index is 0.174. The lowest BCUT2D eigenvalue weighted by Gasteiger charge is -2.11. The summed E-state index contributed by atoms with van der Waals surface area (Å²) in [5.74, 6) is -1.58. The number of aryl methyl sites for hydroxylation is 1. The monoisotopic (exact) mass is 232 g/mol. The van der Waals surface area contributed by atoms with Gasteiger partial charge in [0, 0.05) is 10.6 Å². The highest BCUT2D eigenvalue weighted by Gasteiger charge is 2.23. The maximum absolute atomic E-state index is 13.5. The van der Waals surface area contributed by atoms with Gasteiger partial charge in [0.2, 0.25) is 0 Å². The Morgan fingerprint density at radius 2 is 2.20 bits per heavy atom. The van der Waals surface area contributed by atoms with Crippen LogP contribution in [0.1, 0.15) is 17.2 Å². The Hall–Kier alpha value is -1.13. The van der Waals surface area contributed by atoms with Crippen molar-refractivity contribution in [3.63, 3.8) is 0 Å². The van der Waals surface area contributed by atoms with Gasteiger partial charge in [0.05, 0.1) is 7.11 Å². The molecule has 1 N–H and O–H groups in total. The van der Waals surface area contributed by atoms with E-state index >= 15 is 0 Å². The molecular formula is C10H10ClFO3. The largest absolute Gasteiger partial charge is 0.467 e. The molecule has 1 rings (SSSR count). The van der Waals surface area contributed by atoms with Gasteiger partial charge in [0.25, 0.3) is 0 Å². The molecule has 0 aliphatic rings. The van der Waals surface area contributed by atoms with Gasteiger partial charge in [-0.25, -0.2) is 9.18 Å². The summed E-state index contributed by atoms with van der Waals surface area (Å²) in [5, 5.41) is 9.70. The molecule has 5 heteroatoms. The molecule has 0 heterocycles. The molecule has 0 radical (unpaired) electrons. The molecule has 0 aliphatic heterocycles.